The normalized spacial score (nSPS) is 17.9. The number of ether oxygens (including phenoxy) is 1. The lowest BCUT2D eigenvalue weighted by Gasteiger charge is -2.31. The molecule has 2 amide bonds. The van der Waals surface area contributed by atoms with Gasteiger partial charge in [0.25, 0.3) is 5.91 Å². The van der Waals surface area contributed by atoms with Gasteiger partial charge in [0.05, 0.1) is 23.8 Å². The smallest absolute Gasteiger partial charge is 0.275 e. The highest BCUT2D eigenvalue weighted by Crippen LogP contribution is 2.28. The molecule has 5 rings (SSSR count). The minimum Gasteiger partial charge on any atom is -0.395 e. The van der Waals surface area contributed by atoms with Crippen LogP contribution in [0, 0.1) is 5.41 Å². The molecule has 218 valence electrons. The second-order valence-corrected chi connectivity index (χ2v) is 12.1. The monoisotopic (exact) mass is 580 g/mol. The maximum absolute atomic E-state index is 13.5. The first-order chi connectivity index (χ1) is 19.7. The van der Waals surface area contributed by atoms with Crippen molar-refractivity contribution < 1.29 is 24.2 Å². The first-order valence-corrected chi connectivity index (χ1v) is 15.0. The Labute approximate surface area is 242 Å². The zero-order chi connectivity index (χ0) is 29.0. The van der Waals surface area contributed by atoms with Gasteiger partial charge in [0.15, 0.2) is 11.5 Å². The van der Waals surface area contributed by atoms with E-state index in [9.17, 15) is 19.5 Å². The molecule has 0 aromatic carbocycles. The molecule has 12 heteroatoms. The predicted molar refractivity (Wildman–Crippen MR) is 154 cm³/mol. The Morgan fingerprint density at radius 3 is 2.71 bits per heavy atom. The fourth-order valence-electron chi connectivity index (χ4n) is 5.08. The van der Waals surface area contributed by atoms with Crippen LogP contribution in [0.25, 0.3) is 10.6 Å². The maximum atomic E-state index is 13.5. The number of Topliss-reactive ketones (excluding diaryl/α,β-unsaturated/α-hetero) is 1. The highest BCUT2D eigenvalue weighted by molar-refractivity contribution is 7.13. The van der Waals surface area contributed by atoms with Gasteiger partial charge in [0, 0.05) is 61.8 Å². The van der Waals surface area contributed by atoms with E-state index < -0.39 is 11.3 Å². The summed E-state index contributed by atoms with van der Waals surface area (Å²) >= 11 is 1.36. The molecule has 0 aliphatic carbocycles. The maximum Gasteiger partial charge on any atom is 0.275 e. The predicted octanol–water partition coefficient (Wildman–Crippen LogP) is 3.76. The van der Waals surface area contributed by atoms with E-state index in [1.165, 1.54) is 11.3 Å². The Balaban J connectivity index is 1.47. The number of hydrogen-bond donors (Lipinski definition) is 2. The summed E-state index contributed by atoms with van der Waals surface area (Å²) in [6, 6.07) is 3.89. The van der Waals surface area contributed by atoms with E-state index in [1.54, 1.807) is 41.2 Å². The molecule has 3 aromatic rings. The summed E-state index contributed by atoms with van der Waals surface area (Å²) in [5.74, 6) is -0.777. The van der Waals surface area contributed by atoms with Gasteiger partial charge in [-0.3, -0.25) is 24.0 Å². The number of nitrogens with zero attached hydrogens (tertiary/aromatic N) is 5. The van der Waals surface area contributed by atoms with Gasteiger partial charge in [-0.2, -0.15) is 5.10 Å². The quantitative estimate of drug-likeness (QED) is 0.477. The molecule has 1 fully saturated rings. The van der Waals surface area contributed by atoms with Crippen LogP contribution in [-0.4, -0.2) is 80.3 Å². The summed E-state index contributed by atoms with van der Waals surface area (Å²) in [4.78, 5) is 50.8. The van der Waals surface area contributed by atoms with Crippen molar-refractivity contribution in [2.75, 3.05) is 38.2 Å². The molecule has 0 unspecified atom stereocenters. The Kier molecular flexibility index (Phi) is 8.91. The number of fused-ring (bicyclic) bond motifs is 6. The van der Waals surface area contributed by atoms with Crippen molar-refractivity contribution in [3.63, 3.8) is 0 Å². The zero-order valence-electron chi connectivity index (χ0n) is 23.5. The minimum absolute atomic E-state index is 0.0724. The number of aliphatic hydroxyl groups is 1. The Morgan fingerprint density at radius 2 is 1.95 bits per heavy atom. The van der Waals surface area contributed by atoms with Crippen molar-refractivity contribution in [3.8, 4) is 10.6 Å². The molecule has 0 spiro atoms. The molecule has 2 aliphatic rings. The van der Waals surface area contributed by atoms with Crippen LogP contribution in [0.4, 0.5) is 5.69 Å². The number of nitrogens with one attached hydrogen (secondary N) is 1. The summed E-state index contributed by atoms with van der Waals surface area (Å²) in [6.45, 7) is 5.24. The number of amides is 2. The Morgan fingerprint density at radius 1 is 1.20 bits per heavy atom. The summed E-state index contributed by atoms with van der Waals surface area (Å²) in [7, 11) is 0. The van der Waals surface area contributed by atoms with Gasteiger partial charge in [0.1, 0.15) is 10.7 Å². The van der Waals surface area contributed by atoms with Crippen molar-refractivity contribution >= 4 is 34.6 Å². The standard InChI is InChI=1S/C29H36N6O5S/c1-29(2,18-36)28(39)34-11-3-5-20-15-19(7-10-30-20)27-32-23(17-41-27)26(38)31-22-16-35(21-8-13-40-14-9-21)33-25(22)24(37)6-4-12-34/h7,10,15-17,21,36H,3-6,8-9,11-14,18H2,1-2H3,(H,31,38). The van der Waals surface area contributed by atoms with Crippen molar-refractivity contribution in [3.05, 3.63) is 47.0 Å². The lowest BCUT2D eigenvalue weighted by atomic mass is 9.92. The van der Waals surface area contributed by atoms with E-state index in [1.807, 2.05) is 12.1 Å². The highest BCUT2D eigenvalue weighted by Gasteiger charge is 2.31. The molecule has 4 bridgehead atoms. The SMILES string of the molecule is CC(C)(CO)C(=O)N1CCCC(=O)c2nn(C3CCOCC3)cc2NC(=O)c2csc(n2)-c2ccnc(c2)CCC1. The number of hydrogen-bond acceptors (Lipinski definition) is 9. The number of anilines is 1. The molecular formula is C29H36N6O5S. The Hall–Kier alpha value is -3.48. The number of aryl methyl sites for hydroxylation is 1. The van der Waals surface area contributed by atoms with Gasteiger partial charge in [-0.15, -0.1) is 11.3 Å². The average molecular weight is 581 g/mol. The van der Waals surface area contributed by atoms with Crippen LogP contribution in [0.1, 0.15) is 78.7 Å². The van der Waals surface area contributed by atoms with E-state index in [4.69, 9.17) is 4.74 Å². The van der Waals surface area contributed by atoms with Gasteiger partial charge >= 0.3 is 0 Å². The summed E-state index contributed by atoms with van der Waals surface area (Å²) < 4.78 is 7.24. The number of pyridine rings is 1. The molecule has 41 heavy (non-hydrogen) atoms. The highest BCUT2D eigenvalue weighted by atomic mass is 32.1. The first kappa shape index (κ1) is 29.0. The third-order valence-electron chi connectivity index (χ3n) is 7.56. The number of carbonyl (C=O) groups is 3. The fourth-order valence-corrected chi connectivity index (χ4v) is 5.88. The van der Waals surface area contributed by atoms with E-state index in [-0.39, 0.29) is 42.1 Å². The third-order valence-corrected chi connectivity index (χ3v) is 8.46. The molecule has 11 nitrogen and oxygen atoms in total. The van der Waals surface area contributed by atoms with Crippen LogP contribution in [0.15, 0.2) is 29.9 Å². The van der Waals surface area contributed by atoms with Crippen LogP contribution >= 0.6 is 11.3 Å². The van der Waals surface area contributed by atoms with E-state index in [0.29, 0.717) is 56.3 Å². The van der Waals surface area contributed by atoms with Gasteiger partial charge < -0.3 is 20.1 Å². The zero-order valence-corrected chi connectivity index (χ0v) is 24.3. The molecule has 2 aliphatic heterocycles. The van der Waals surface area contributed by atoms with E-state index in [2.05, 4.69) is 20.4 Å². The summed E-state index contributed by atoms with van der Waals surface area (Å²) in [6.07, 6.45) is 6.87. The number of carbonyl (C=O) groups excluding carboxylic acids is 3. The number of rotatable bonds is 3. The largest absolute Gasteiger partial charge is 0.395 e. The second kappa shape index (κ2) is 12.6. The second-order valence-electron chi connectivity index (χ2n) is 11.2. The van der Waals surface area contributed by atoms with Crippen LogP contribution in [0.2, 0.25) is 0 Å². The van der Waals surface area contributed by atoms with Crippen LogP contribution in [-0.2, 0) is 16.0 Å². The fraction of sp³-hybridized carbons (Fsp3) is 0.517. The minimum atomic E-state index is -0.929. The average Bonchev–Trinajstić information content (AvgIpc) is 3.64. The lowest BCUT2D eigenvalue weighted by Crippen LogP contribution is -2.44. The van der Waals surface area contributed by atoms with Gasteiger partial charge in [-0.05, 0) is 58.1 Å². The van der Waals surface area contributed by atoms with Crippen molar-refractivity contribution in [2.45, 2.75) is 58.4 Å². The van der Waals surface area contributed by atoms with Gasteiger partial charge in [-0.25, -0.2) is 4.98 Å². The first-order valence-electron chi connectivity index (χ1n) is 14.1. The lowest BCUT2D eigenvalue weighted by molar-refractivity contribution is -0.142. The number of thiazole rings is 1. The number of aromatic nitrogens is 4. The third kappa shape index (κ3) is 6.71. The molecule has 0 radical (unpaired) electrons. The topological polar surface area (TPSA) is 140 Å². The van der Waals surface area contributed by atoms with E-state index in [0.717, 1.165) is 24.1 Å². The van der Waals surface area contributed by atoms with Crippen LogP contribution < -0.4 is 5.32 Å². The van der Waals surface area contributed by atoms with Gasteiger partial charge in [-0.1, -0.05) is 0 Å². The number of ketones is 1. The molecule has 1 saturated heterocycles. The van der Waals surface area contributed by atoms with Crippen molar-refractivity contribution in [1.82, 2.24) is 24.6 Å². The van der Waals surface area contributed by atoms with Crippen LogP contribution in [0.3, 0.4) is 0 Å². The molecule has 5 heterocycles. The molecule has 0 saturated carbocycles. The van der Waals surface area contributed by atoms with Gasteiger partial charge in [0.2, 0.25) is 5.91 Å². The van der Waals surface area contributed by atoms with E-state index >= 15 is 0 Å². The summed E-state index contributed by atoms with van der Waals surface area (Å²) in [5, 5.41) is 19.7. The number of aliphatic hydroxyl groups excluding tert-OH is 1. The molecule has 3 aromatic heterocycles. The van der Waals surface area contributed by atoms with Crippen molar-refractivity contribution in [1.29, 1.82) is 0 Å². The Bertz CT molecular complexity index is 1410. The molecular weight excluding hydrogens is 544 g/mol. The molecule has 0 atom stereocenters. The van der Waals surface area contributed by atoms with Crippen LogP contribution in [0.5, 0.6) is 0 Å². The van der Waals surface area contributed by atoms with Crippen molar-refractivity contribution in [2.24, 2.45) is 5.41 Å². The summed E-state index contributed by atoms with van der Waals surface area (Å²) in [5.41, 5.74) is 1.61. The molecule has 2 N–H and O–H groups in total.